The van der Waals surface area contributed by atoms with E-state index < -0.39 is 0 Å². The third-order valence-electron chi connectivity index (χ3n) is 1.95. The summed E-state index contributed by atoms with van der Waals surface area (Å²) in [5, 5.41) is 11.3. The molecule has 0 radical (unpaired) electrons. The van der Waals surface area contributed by atoms with Gasteiger partial charge in [-0.3, -0.25) is 10.1 Å². The number of nitrogens with zero attached hydrogens (tertiary/aromatic N) is 1. The van der Waals surface area contributed by atoms with Crippen LogP contribution in [0.4, 0.5) is 5.69 Å². The highest BCUT2D eigenvalue weighted by Gasteiger charge is 2.17. The van der Waals surface area contributed by atoms with Gasteiger partial charge in [0.1, 0.15) is 0 Å². The molecule has 0 saturated heterocycles. The highest BCUT2D eigenvalue weighted by molar-refractivity contribution is 9.10. The number of halogens is 3. The zero-order chi connectivity index (χ0) is 11.4. The molecular weight excluding hydrogens is 349 g/mol. The monoisotopic (exact) mass is 355 g/mol. The van der Waals surface area contributed by atoms with Crippen LogP contribution in [0.25, 0.3) is 0 Å². The maximum Gasteiger partial charge on any atom is 0.274 e. The molecule has 0 atom stereocenters. The third kappa shape index (κ3) is 3.16. The van der Waals surface area contributed by atoms with Crippen LogP contribution in [0.5, 0.6) is 0 Å². The molecule has 1 rings (SSSR count). The number of benzene rings is 1. The highest BCUT2D eigenvalue weighted by atomic mass is 79.9. The molecule has 0 aliphatic rings. The average Bonchev–Trinajstić information content (AvgIpc) is 2.17. The van der Waals surface area contributed by atoms with Crippen LogP contribution in [-0.2, 0) is 11.8 Å². The van der Waals surface area contributed by atoms with Gasteiger partial charge in [0.15, 0.2) is 0 Å². The summed E-state index contributed by atoms with van der Waals surface area (Å²) in [6.07, 6.45) is 0.629. The van der Waals surface area contributed by atoms with Crippen LogP contribution in [0.15, 0.2) is 16.6 Å². The van der Waals surface area contributed by atoms with Crippen LogP contribution in [-0.4, -0.2) is 10.8 Å². The van der Waals surface area contributed by atoms with Crippen LogP contribution in [0, 0.1) is 10.1 Å². The Kier molecular flexibility index (Phi) is 5.02. The van der Waals surface area contributed by atoms with Crippen molar-refractivity contribution in [1.29, 1.82) is 0 Å². The van der Waals surface area contributed by atoms with Crippen LogP contribution < -0.4 is 0 Å². The SMILES string of the molecule is O=[N+]([O-])c1cc(CCCl)cc(Br)c1CBr. The van der Waals surface area contributed by atoms with Gasteiger partial charge >= 0.3 is 0 Å². The zero-order valence-electron chi connectivity index (χ0n) is 7.67. The van der Waals surface area contributed by atoms with E-state index >= 15 is 0 Å². The molecule has 82 valence electrons. The summed E-state index contributed by atoms with van der Waals surface area (Å²) in [6.45, 7) is 0. The standard InChI is InChI=1S/C9H8Br2ClNO2/c10-5-7-8(11)3-6(1-2-12)4-9(7)13(14)15/h3-4H,1-2,5H2. The van der Waals surface area contributed by atoms with E-state index in [0.717, 1.165) is 10.0 Å². The van der Waals surface area contributed by atoms with Gasteiger partial charge in [0.2, 0.25) is 0 Å². The van der Waals surface area contributed by atoms with Crippen LogP contribution in [0.1, 0.15) is 11.1 Å². The summed E-state index contributed by atoms with van der Waals surface area (Å²) in [4.78, 5) is 10.4. The molecule has 0 aromatic heterocycles. The van der Waals surface area contributed by atoms with Crippen molar-refractivity contribution in [2.45, 2.75) is 11.8 Å². The van der Waals surface area contributed by atoms with Gasteiger partial charge in [0, 0.05) is 21.7 Å². The predicted octanol–water partition coefficient (Wildman–Crippen LogP) is 4.03. The largest absolute Gasteiger partial charge is 0.274 e. The minimum Gasteiger partial charge on any atom is -0.258 e. The van der Waals surface area contributed by atoms with Crippen molar-refractivity contribution in [1.82, 2.24) is 0 Å². The molecule has 3 nitrogen and oxygen atoms in total. The molecule has 6 heteroatoms. The molecule has 0 heterocycles. The van der Waals surface area contributed by atoms with Crippen molar-refractivity contribution in [3.63, 3.8) is 0 Å². The van der Waals surface area contributed by atoms with Gasteiger partial charge in [-0.1, -0.05) is 31.9 Å². The Bertz CT molecular complexity index is 385. The Morgan fingerprint density at radius 3 is 2.60 bits per heavy atom. The maximum atomic E-state index is 10.8. The quantitative estimate of drug-likeness (QED) is 0.464. The van der Waals surface area contributed by atoms with E-state index in [1.165, 1.54) is 0 Å². The molecule has 0 amide bonds. The zero-order valence-corrected chi connectivity index (χ0v) is 11.6. The van der Waals surface area contributed by atoms with Crippen molar-refractivity contribution in [2.24, 2.45) is 0 Å². The second kappa shape index (κ2) is 5.82. The van der Waals surface area contributed by atoms with Gasteiger partial charge in [-0.15, -0.1) is 11.6 Å². The fraction of sp³-hybridized carbons (Fsp3) is 0.333. The van der Waals surface area contributed by atoms with E-state index in [9.17, 15) is 10.1 Å². The Hall–Kier alpha value is -0.130. The van der Waals surface area contributed by atoms with E-state index in [1.54, 1.807) is 6.07 Å². The molecule has 0 spiro atoms. The van der Waals surface area contributed by atoms with Gasteiger partial charge in [-0.2, -0.15) is 0 Å². The lowest BCUT2D eigenvalue weighted by atomic mass is 10.1. The molecular formula is C9H8Br2ClNO2. The van der Waals surface area contributed by atoms with E-state index in [1.807, 2.05) is 6.07 Å². The number of nitro groups is 1. The number of hydrogen-bond donors (Lipinski definition) is 0. The summed E-state index contributed by atoms with van der Waals surface area (Å²) in [5.74, 6) is 0.456. The van der Waals surface area contributed by atoms with Crippen molar-refractivity contribution in [3.8, 4) is 0 Å². The lowest BCUT2D eigenvalue weighted by molar-refractivity contribution is -0.385. The molecule has 0 aliphatic heterocycles. The topological polar surface area (TPSA) is 43.1 Å². The Balaban J connectivity index is 3.25. The van der Waals surface area contributed by atoms with Crippen molar-refractivity contribution in [3.05, 3.63) is 37.8 Å². The summed E-state index contributed by atoms with van der Waals surface area (Å²) >= 11 is 12.1. The average molecular weight is 357 g/mol. The van der Waals surface area contributed by atoms with Gasteiger partial charge in [0.25, 0.3) is 5.69 Å². The number of rotatable bonds is 4. The maximum absolute atomic E-state index is 10.8. The molecule has 1 aromatic rings. The van der Waals surface area contributed by atoms with Gasteiger partial charge in [0.05, 0.1) is 10.5 Å². The Morgan fingerprint density at radius 1 is 1.47 bits per heavy atom. The summed E-state index contributed by atoms with van der Waals surface area (Å²) in [7, 11) is 0. The number of hydrogen-bond acceptors (Lipinski definition) is 2. The van der Waals surface area contributed by atoms with E-state index in [4.69, 9.17) is 11.6 Å². The van der Waals surface area contributed by atoms with E-state index in [-0.39, 0.29) is 10.6 Å². The lowest BCUT2D eigenvalue weighted by Crippen LogP contribution is -1.97. The normalized spacial score (nSPS) is 10.3. The molecule has 0 unspecified atom stereocenters. The first-order chi connectivity index (χ1) is 7.10. The summed E-state index contributed by atoms with van der Waals surface area (Å²) < 4.78 is 0.744. The smallest absolute Gasteiger partial charge is 0.258 e. The first kappa shape index (κ1) is 12.9. The first-order valence-corrected chi connectivity index (χ1v) is 6.62. The second-order valence-electron chi connectivity index (χ2n) is 2.91. The number of alkyl halides is 2. The minimum absolute atomic E-state index is 0.126. The molecule has 1 aromatic carbocycles. The van der Waals surface area contributed by atoms with E-state index in [0.29, 0.717) is 23.2 Å². The number of aryl methyl sites for hydroxylation is 1. The van der Waals surface area contributed by atoms with Crippen molar-refractivity contribution >= 4 is 49.1 Å². The van der Waals surface area contributed by atoms with Crippen LogP contribution >= 0.6 is 43.5 Å². The third-order valence-corrected chi connectivity index (χ3v) is 3.40. The molecule has 0 N–H and O–H groups in total. The van der Waals surface area contributed by atoms with E-state index in [2.05, 4.69) is 31.9 Å². The lowest BCUT2D eigenvalue weighted by Gasteiger charge is -2.05. The molecule has 0 saturated carbocycles. The number of nitro benzene ring substituents is 1. The van der Waals surface area contributed by atoms with Crippen molar-refractivity contribution < 1.29 is 4.92 Å². The van der Waals surface area contributed by atoms with Crippen LogP contribution in [0.2, 0.25) is 0 Å². The molecule has 0 fully saturated rings. The van der Waals surface area contributed by atoms with Gasteiger partial charge < -0.3 is 0 Å². The fourth-order valence-corrected chi connectivity index (χ4v) is 3.05. The van der Waals surface area contributed by atoms with Crippen molar-refractivity contribution in [2.75, 3.05) is 5.88 Å². The highest BCUT2D eigenvalue weighted by Crippen LogP contribution is 2.30. The fourth-order valence-electron chi connectivity index (χ4n) is 1.23. The Labute approximate surface area is 109 Å². The summed E-state index contributed by atoms with van der Waals surface area (Å²) in [6, 6.07) is 3.44. The predicted molar refractivity (Wildman–Crippen MR) is 67.9 cm³/mol. The molecule has 0 aliphatic carbocycles. The van der Waals surface area contributed by atoms with Gasteiger partial charge in [-0.25, -0.2) is 0 Å². The molecule has 0 bridgehead atoms. The minimum atomic E-state index is -0.376. The Morgan fingerprint density at radius 2 is 2.13 bits per heavy atom. The summed E-state index contributed by atoms with van der Waals surface area (Å²) in [5.41, 5.74) is 1.65. The van der Waals surface area contributed by atoms with Crippen LogP contribution in [0.3, 0.4) is 0 Å². The second-order valence-corrected chi connectivity index (χ2v) is 4.70. The first-order valence-electron chi connectivity index (χ1n) is 4.17. The van der Waals surface area contributed by atoms with Gasteiger partial charge in [-0.05, 0) is 18.1 Å². The molecule has 15 heavy (non-hydrogen) atoms.